The van der Waals surface area contributed by atoms with Crippen molar-refractivity contribution < 1.29 is 4.79 Å². The lowest BCUT2D eigenvalue weighted by molar-refractivity contribution is -0.122. The zero-order valence-corrected chi connectivity index (χ0v) is 14.4. The Morgan fingerprint density at radius 3 is 2.92 bits per heavy atom. The van der Waals surface area contributed by atoms with Crippen LogP contribution in [0.5, 0.6) is 0 Å². The van der Waals surface area contributed by atoms with E-state index in [-0.39, 0.29) is 11.9 Å². The predicted molar refractivity (Wildman–Crippen MR) is 93.9 cm³/mol. The molecular weight excluding hydrogens is 302 g/mol. The van der Waals surface area contributed by atoms with Crippen LogP contribution in [-0.4, -0.2) is 39.8 Å². The zero-order valence-electron chi connectivity index (χ0n) is 14.4. The van der Waals surface area contributed by atoms with Crippen molar-refractivity contribution in [2.24, 2.45) is 0 Å². The van der Waals surface area contributed by atoms with E-state index < -0.39 is 0 Å². The highest BCUT2D eigenvalue weighted by molar-refractivity contribution is 5.76. The van der Waals surface area contributed by atoms with Gasteiger partial charge in [0.15, 0.2) is 0 Å². The number of aromatic nitrogens is 3. The summed E-state index contributed by atoms with van der Waals surface area (Å²) in [6.45, 7) is 6.39. The normalized spacial score (nSPS) is 17.8. The van der Waals surface area contributed by atoms with Crippen LogP contribution < -0.4 is 10.2 Å². The Kier molecular flexibility index (Phi) is 5.13. The summed E-state index contributed by atoms with van der Waals surface area (Å²) in [5, 5.41) is 7.47. The quantitative estimate of drug-likeness (QED) is 0.913. The van der Waals surface area contributed by atoms with Crippen molar-refractivity contribution in [3.8, 4) is 0 Å². The van der Waals surface area contributed by atoms with Crippen molar-refractivity contribution in [1.82, 2.24) is 20.1 Å². The minimum atomic E-state index is 0.0900. The molecule has 0 radical (unpaired) electrons. The summed E-state index contributed by atoms with van der Waals surface area (Å²) in [5.41, 5.74) is 2.00. The molecule has 0 aliphatic carbocycles. The Morgan fingerprint density at radius 2 is 2.17 bits per heavy atom. The summed E-state index contributed by atoms with van der Waals surface area (Å²) in [6.07, 6.45) is 4.46. The number of rotatable bonds is 5. The summed E-state index contributed by atoms with van der Waals surface area (Å²) >= 11 is 0. The van der Waals surface area contributed by atoms with Gasteiger partial charge >= 0.3 is 0 Å². The van der Waals surface area contributed by atoms with Crippen molar-refractivity contribution >= 4 is 11.7 Å². The number of carbonyl (C=O) groups is 1. The Morgan fingerprint density at radius 1 is 1.29 bits per heavy atom. The number of piperidine rings is 1. The van der Waals surface area contributed by atoms with Gasteiger partial charge in [0.25, 0.3) is 0 Å². The summed E-state index contributed by atoms with van der Waals surface area (Å²) in [5.74, 6) is 1.09. The van der Waals surface area contributed by atoms with Gasteiger partial charge in [0, 0.05) is 44.0 Å². The maximum Gasteiger partial charge on any atom is 0.222 e. The molecule has 0 bridgehead atoms. The molecule has 1 fully saturated rings. The summed E-state index contributed by atoms with van der Waals surface area (Å²) in [6, 6.07) is 8.21. The third-order valence-corrected chi connectivity index (χ3v) is 4.33. The van der Waals surface area contributed by atoms with Crippen molar-refractivity contribution in [3.05, 3.63) is 41.9 Å². The van der Waals surface area contributed by atoms with Crippen molar-refractivity contribution in [2.75, 3.05) is 18.0 Å². The van der Waals surface area contributed by atoms with Gasteiger partial charge in [-0.2, -0.15) is 5.10 Å². The second-order valence-electron chi connectivity index (χ2n) is 6.46. The molecule has 1 atom stereocenters. The van der Waals surface area contributed by atoms with Gasteiger partial charge in [-0.25, -0.2) is 4.98 Å². The Bertz CT molecular complexity index is 696. The topological polar surface area (TPSA) is 63.1 Å². The largest absolute Gasteiger partial charge is 0.355 e. The van der Waals surface area contributed by atoms with Crippen LogP contribution >= 0.6 is 0 Å². The molecule has 1 saturated heterocycles. The molecule has 24 heavy (non-hydrogen) atoms. The molecule has 6 nitrogen and oxygen atoms in total. The van der Waals surface area contributed by atoms with Crippen LogP contribution in [0.4, 0.5) is 5.82 Å². The van der Waals surface area contributed by atoms with Gasteiger partial charge in [-0.05, 0) is 44.9 Å². The summed E-state index contributed by atoms with van der Waals surface area (Å²) in [7, 11) is 0. The number of hydrogen-bond donors (Lipinski definition) is 1. The van der Waals surface area contributed by atoms with Gasteiger partial charge in [0.1, 0.15) is 5.82 Å². The molecule has 1 aliphatic heterocycles. The van der Waals surface area contributed by atoms with E-state index in [2.05, 4.69) is 20.3 Å². The molecule has 0 aromatic carbocycles. The number of pyridine rings is 1. The molecule has 1 aliphatic rings. The molecule has 1 unspecified atom stereocenters. The minimum Gasteiger partial charge on any atom is -0.355 e. The molecule has 2 aromatic heterocycles. The molecule has 3 heterocycles. The van der Waals surface area contributed by atoms with E-state index in [0.717, 1.165) is 43.1 Å². The first-order valence-corrected chi connectivity index (χ1v) is 8.58. The summed E-state index contributed by atoms with van der Waals surface area (Å²) in [4.78, 5) is 19.1. The molecule has 2 aromatic rings. The predicted octanol–water partition coefficient (Wildman–Crippen LogP) is 2.07. The second kappa shape index (κ2) is 7.47. The van der Waals surface area contributed by atoms with Gasteiger partial charge in [-0.15, -0.1) is 0 Å². The average Bonchev–Trinajstić information content (AvgIpc) is 2.99. The third kappa shape index (κ3) is 4.34. The van der Waals surface area contributed by atoms with E-state index >= 15 is 0 Å². The van der Waals surface area contributed by atoms with E-state index in [1.54, 1.807) is 0 Å². The van der Waals surface area contributed by atoms with E-state index in [1.807, 2.05) is 49.0 Å². The maximum atomic E-state index is 12.2. The first kappa shape index (κ1) is 16.5. The number of anilines is 1. The van der Waals surface area contributed by atoms with E-state index in [9.17, 15) is 4.79 Å². The van der Waals surface area contributed by atoms with Crippen molar-refractivity contribution in [3.63, 3.8) is 0 Å². The highest BCUT2D eigenvalue weighted by Crippen LogP contribution is 2.18. The fourth-order valence-corrected chi connectivity index (χ4v) is 3.11. The van der Waals surface area contributed by atoms with Crippen LogP contribution in [0.3, 0.4) is 0 Å². The lowest BCUT2D eigenvalue weighted by Crippen LogP contribution is -2.48. The first-order chi connectivity index (χ1) is 11.6. The molecule has 1 amide bonds. The van der Waals surface area contributed by atoms with Crippen molar-refractivity contribution in [2.45, 2.75) is 45.7 Å². The molecule has 128 valence electrons. The number of aryl methyl sites for hydroxylation is 3. The van der Waals surface area contributed by atoms with E-state index in [0.29, 0.717) is 13.0 Å². The summed E-state index contributed by atoms with van der Waals surface area (Å²) < 4.78 is 1.82. The highest BCUT2D eigenvalue weighted by Gasteiger charge is 2.22. The minimum absolute atomic E-state index is 0.0900. The molecule has 6 heteroatoms. The van der Waals surface area contributed by atoms with Crippen LogP contribution in [0.2, 0.25) is 0 Å². The Labute approximate surface area is 142 Å². The highest BCUT2D eigenvalue weighted by atomic mass is 16.1. The Hall–Kier alpha value is -2.37. The number of carbonyl (C=O) groups excluding carboxylic acids is 1. The standard InChI is InChI=1S/C18H25N5O/c1-14-5-3-7-17(19-14)22-10-4-6-16(13-22)20-18(24)9-12-23-11-8-15(2)21-23/h3,5,7-8,11,16H,4,6,9-10,12-13H2,1-2H3,(H,20,24). The number of hydrogen-bond acceptors (Lipinski definition) is 4. The molecule has 0 spiro atoms. The fraction of sp³-hybridized carbons (Fsp3) is 0.500. The SMILES string of the molecule is Cc1cccc(N2CCCC(NC(=O)CCn3ccc(C)n3)C2)n1. The van der Waals surface area contributed by atoms with Crippen LogP contribution in [0.15, 0.2) is 30.5 Å². The van der Waals surface area contributed by atoms with E-state index in [4.69, 9.17) is 0 Å². The lowest BCUT2D eigenvalue weighted by atomic mass is 10.1. The van der Waals surface area contributed by atoms with E-state index in [1.165, 1.54) is 0 Å². The molecule has 3 rings (SSSR count). The second-order valence-corrected chi connectivity index (χ2v) is 6.46. The van der Waals surface area contributed by atoms with Gasteiger partial charge in [-0.3, -0.25) is 9.48 Å². The monoisotopic (exact) mass is 327 g/mol. The third-order valence-electron chi connectivity index (χ3n) is 4.33. The average molecular weight is 327 g/mol. The number of nitrogens with zero attached hydrogens (tertiary/aromatic N) is 4. The molecule has 1 N–H and O–H groups in total. The zero-order chi connectivity index (χ0) is 16.9. The van der Waals surface area contributed by atoms with Gasteiger partial charge in [0.05, 0.1) is 5.69 Å². The van der Waals surface area contributed by atoms with Gasteiger partial charge in [-0.1, -0.05) is 6.07 Å². The number of nitrogens with one attached hydrogen (secondary N) is 1. The maximum absolute atomic E-state index is 12.2. The smallest absolute Gasteiger partial charge is 0.222 e. The van der Waals surface area contributed by atoms with Gasteiger partial charge < -0.3 is 10.2 Å². The molecular formula is C18H25N5O. The first-order valence-electron chi connectivity index (χ1n) is 8.58. The van der Waals surface area contributed by atoms with Crippen molar-refractivity contribution in [1.29, 1.82) is 0 Å². The van der Waals surface area contributed by atoms with Crippen LogP contribution in [-0.2, 0) is 11.3 Å². The van der Waals surface area contributed by atoms with Crippen LogP contribution in [0, 0.1) is 13.8 Å². The molecule has 0 saturated carbocycles. The fourth-order valence-electron chi connectivity index (χ4n) is 3.11. The number of amides is 1. The van der Waals surface area contributed by atoms with Gasteiger partial charge in [0.2, 0.25) is 5.91 Å². The van der Waals surface area contributed by atoms with Crippen LogP contribution in [0.25, 0.3) is 0 Å². The Balaban J connectivity index is 1.50. The van der Waals surface area contributed by atoms with Crippen LogP contribution in [0.1, 0.15) is 30.7 Å². The lowest BCUT2D eigenvalue weighted by Gasteiger charge is -2.34.